The highest BCUT2D eigenvalue weighted by Crippen LogP contribution is 2.42. The van der Waals surface area contributed by atoms with Gasteiger partial charge in [-0.25, -0.2) is 0 Å². The number of nitrogens with zero attached hydrogens (tertiary/aromatic N) is 1. The molecule has 1 saturated heterocycles. The lowest BCUT2D eigenvalue weighted by Gasteiger charge is -2.23. The Labute approximate surface area is 183 Å². The molecule has 7 heteroatoms. The van der Waals surface area contributed by atoms with E-state index in [1.807, 2.05) is 0 Å². The highest BCUT2D eigenvalue weighted by molar-refractivity contribution is 9.10. The number of aliphatic hydroxyl groups is 1. The number of aliphatic hydroxyl groups excluding tert-OH is 1. The van der Waals surface area contributed by atoms with Gasteiger partial charge in [0.25, 0.3) is 11.7 Å². The van der Waals surface area contributed by atoms with E-state index in [4.69, 9.17) is 4.42 Å². The Hall–Kier alpha value is -2.64. The quantitative estimate of drug-likeness (QED) is 0.274. The summed E-state index contributed by atoms with van der Waals surface area (Å²) >= 11 is 6.72. The molecule has 2 heterocycles. The van der Waals surface area contributed by atoms with Gasteiger partial charge in [-0.1, -0.05) is 44.0 Å². The van der Waals surface area contributed by atoms with Gasteiger partial charge >= 0.3 is 0 Å². The predicted molar refractivity (Wildman–Crippen MR) is 117 cm³/mol. The SMILES string of the molecule is Cc1ccc(C2/C(=C(/O)c3ccc(Br)cc3)C(=O)C(=O)N2c2ccc(Br)cc2)o1. The van der Waals surface area contributed by atoms with Gasteiger partial charge in [-0.15, -0.1) is 0 Å². The van der Waals surface area contributed by atoms with Gasteiger partial charge in [0.05, 0.1) is 5.57 Å². The van der Waals surface area contributed by atoms with E-state index in [-0.39, 0.29) is 11.3 Å². The smallest absolute Gasteiger partial charge is 0.300 e. The summed E-state index contributed by atoms with van der Waals surface area (Å²) in [7, 11) is 0. The molecule has 0 saturated carbocycles. The van der Waals surface area contributed by atoms with Crippen LogP contribution in [0.25, 0.3) is 5.76 Å². The number of ketones is 1. The average molecular weight is 517 g/mol. The van der Waals surface area contributed by atoms with E-state index in [9.17, 15) is 14.7 Å². The number of aryl methyl sites for hydroxylation is 1. The van der Waals surface area contributed by atoms with Crippen molar-refractivity contribution in [2.24, 2.45) is 0 Å². The van der Waals surface area contributed by atoms with Crippen LogP contribution >= 0.6 is 31.9 Å². The Bertz CT molecular complexity index is 1130. The minimum absolute atomic E-state index is 0.00501. The molecule has 1 unspecified atom stereocenters. The molecule has 0 radical (unpaired) electrons. The first kappa shape index (κ1) is 19.7. The van der Waals surface area contributed by atoms with E-state index in [2.05, 4.69) is 31.9 Å². The zero-order valence-corrected chi connectivity index (χ0v) is 18.4. The second-order valence-corrected chi connectivity index (χ2v) is 8.43. The lowest BCUT2D eigenvalue weighted by Crippen LogP contribution is -2.29. The Morgan fingerprint density at radius 1 is 0.931 bits per heavy atom. The Morgan fingerprint density at radius 3 is 2.07 bits per heavy atom. The van der Waals surface area contributed by atoms with Gasteiger partial charge in [0.2, 0.25) is 0 Å². The van der Waals surface area contributed by atoms with Gasteiger partial charge < -0.3 is 9.52 Å². The number of hydrogen-bond donors (Lipinski definition) is 1. The molecule has 1 fully saturated rings. The zero-order chi connectivity index (χ0) is 20.7. The maximum absolute atomic E-state index is 13.0. The van der Waals surface area contributed by atoms with Crippen molar-refractivity contribution in [2.75, 3.05) is 4.90 Å². The van der Waals surface area contributed by atoms with Crippen LogP contribution in [0.2, 0.25) is 0 Å². The second kappa shape index (κ2) is 7.65. The molecular formula is C22H15Br2NO4. The van der Waals surface area contributed by atoms with Crippen LogP contribution in [0, 0.1) is 6.92 Å². The summed E-state index contributed by atoms with van der Waals surface area (Å²) in [6.45, 7) is 1.78. The molecular weight excluding hydrogens is 502 g/mol. The molecule has 29 heavy (non-hydrogen) atoms. The topological polar surface area (TPSA) is 70.8 Å². The lowest BCUT2D eigenvalue weighted by atomic mass is 9.99. The van der Waals surface area contributed by atoms with Crippen molar-refractivity contribution >= 4 is 55.0 Å². The number of furan rings is 1. The fourth-order valence-electron chi connectivity index (χ4n) is 3.33. The number of carbonyl (C=O) groups is 2. The lowest BCUT2D eigenvalue weighted by molar-refractivity contribution is -0.132. The highest BCUT2D eigenvalue weighted by atomic mass is 79.9. The Kier molecular flexibility index (Phi) is 5.19. The molecule has 5 nitrogen and oxygen atoms in total. The molecule has 1 N–H and O–H groups in total. The normalized spacial score (nSPS) is 18.4. The van der Waals surface area contributed by atoms with Crippen LogP contribution < -0.4 is 4.90 Å². The van der Waals surface area contributed by atoms with Crippen molar-refractivity contribution in [1.29, 1.82) is 0 Å². The van der Waals surface area contributed by atoms with Crippen LogP contribution in [0.15, 0.2) is 79.6 Å². The maximum atomic E-state index is 13.0. The number of benzene rings is 2. The molecule has 0 bridgehead atoms. The Morgan fingerprint density at radius 2 is 1.52 bits per heavy atom. The molecule has 3 aromatic rings. The number of halogens is 2. The minimum Gasteiger partial charge on any atom is -0.507 e. The molecule has 1 amide bonds. The molecule has 0 spiro atoms. The number of amides is 1. The monoisotopic (exact) mass is 515 g/mol. The van der Waals surface area contributed by atoms with Gasteiger partial charge in [-0.05, 0) is 55.5 Å². The first-order valence-electron chi connectivity index (χ1n) is 8.75. The predicted octanol–water partition coefficient (Wildman–Crippen LogP) is 5.74. The fraction of sp³-hybridized carbons (Fsp3) is 0.0909. The summed E-state index contributed by atoms with van der Waals surface area (Å²) in [6.07, 6.45) is 0. The molecule has 1 atom stereocenters. The van der Waals surface area contributed by atoms with E-state index in [1.54, 1.807) is 67.6 Å². The van der Waals surface area contributed by atoms with Gasteiger partial charge in [-0.2, -0.15) is 0 Å². The summed E-state index contributed by atoms with van der Waals surface area (Å²) < 4.78 is 7.45. The minimum atomic E-state index is -0.867. The standard InChI is InChI=1S/C22H15Br2NO4/c1-12-2-11-17(29-12)19-18(20(26)13-3-5-14(23)6-4-13)21(27)22(28)25(19)16-9-7-15(24)8-10-16/h2-11,19,26H,1H3/b20-18-. The van der Waals surface area contributed by atoms with Gasteiger partial charge in [-0.3, -0.25) is 14.5 Å². The van der Waals surface area contributed by atoms with Crippen molar-refractivity contribution < 1.29 is 19.1 Å². The average Bonchev–Trinajstić information content (AvgIpc) is 3.24. The second-order valence-electron chi connectivity index (χ2n) is 6.60. The zero-order valence-electron chi connectivity index (χ0n) is 15.2. The largest absolute Gasteiger partial charge is 0.507 e. The van der Waals surface area contributed by atoms with E-state index >= 15 is 0 Å². The first-order chi connectivity index (χ1) is 13.9. The fourth-order valence-corrected chi connectivity index (χ4v) is 3.86. The van der Waals surface area contributed by atoms with Crippen LogP contribution in [0.5, 0.6) is 0 Å². The summed E-state index contributed by atoms with van der Waals surface area (Å²) in [5, 5.41) is 11.0. The van der Waals surface area contributed by atoms with Gasteiger partial charge in [0.15, 0.2) is 0 Å². The third-order valence-corrected chi connectivity index (χ3v) is 5.75. The van der Waals surface area contributed by atoms with Gasteiger partial charge in [0.1, 0.15) is 23.3 Å². The summed E-state index contributed by atoms with van der Waals surface area (Å²) in [5.74, 6) is -0.666. The maximum Gasteiger partial charge on any atom is 0.300 e. The van der Waals surface area contributed by atoms with Crippen LogP contribution in [-0.4, -0.2) is 16.8 Å². The van der Waals surface area contributed by atoms with E-state index in [0.717, 1.165) is 8.95 Å². The molecule has 1 aliphatic rings. The third kappa shape index (κ3) is 3.56. The number of hydrogen-bond acceptors (Lipinski definition) is 4. The van der Waals surface area contributed by atoms with Crippen LogP contribution in [0.3, 0.4) is 0 Å². The van der Waals surface area contributed by atoms with Gasteiger partial charge in [0, 0.05) is 20.2 Å². The van der Waals surface area contributed by atoms with Crippen LogP contribution in [0.4, 0.5) is 5.69 Å². The number of Topliss-reactive ketones (excluding diaryl/α,β-unsaturated/α-hetero) is 1. The molecule has 0 aliphatic carbocycles. The van der Waals surface area contributed by atoms with E-state index < -0.39 is 17.7 Å². The summed E-state index contributed by atoms with van der Waals surface area (Å²) in [4.78, 5) is 27.3. The Balaban J connectivity index is 1.92. The van der Waals surface area contributed by atoms with Crippen molar-refractivity contribution in [3.05, 3.63) is 92.3 Å². The molecule has 1 aliphatic heterocycles. The summed E-state index contributed by atoms with van der Waals surface area (Å²) in [6, 6.07) is 16.5. The number of rotatable bonds is 3. The first-order valence-corrected chi connectivity index (χ1v) is 10.3. The number of anilines is 1. The van der Waals surface area contributed by atoms with Crippen molar-refractivity contribution in [2.45, 2.75) is 13.0 Å². The molecule has 4 rings (SSSR count). The van der Waals surface area contributed by atoms with Crippen molar-refractivity contribution in [3.63, 3.8) is 0 Å². The third-order valence-electron chi connectivity index (χ3n) is 4.70. The molecule has 146 valence electrons. The van der Waals surface area contributed by atoms with E-state index in [1.165, 1.54) is 4.90 Å². The molecule has 1 aromatic heterocycles. The molecule has 2 aromatic carbocycles. The van der Waals surface area contributed by atoms with Crippen LogP contribution in [-0.2, 0) is 9.59 Å². The van der Waals surface area contributed by atoms with Crippen molar-refractivity contribution in [1.82, 2.24) is 0 Å². The number of carbonyl (C=O) groups excluding carboxylic acids is 2. The van der Waals surface area contributed by atoms with E-state index in [0.29, 0.717) is 22.8 Å². The van der Waals surface area contributed by atoms with Crippen molar-refractivity contribution in [3.8, 4) is 0 Å². The highest BCUT2D eigenvalue weighted by Gasteiger charge is 2.48. The summed E-state index contributed by atoms with van der Waals surface area (Å²) in [5.41, 5.74) is 0.967. The van der Waals surface area contributed by atoms with Crippen LogP contribution in [0.1, 0.15) is 23.1 Å².